The average molecular weight is 1020 g/mol. The average Bonchev–Trinajstić information content (AvgIpc) is 3.27. The number of alkyl halides is 11. The minimum Gasteiger partial charge on any atom is -0.292 e. The van der Waals surface area contributed by atoms with E-state index < -0.39 is 145 Å². The largest absolute Gasteiger partial charge is 0.384 e. The fourth-order valence-corrected chi connectivity index (χ4v) is 7.90. The zero-order valence-corrected chi connectivity index (χ0v) is 33.3. The highest BCUT2D eigenvalue weighted by Gasteiger charge is 3.01. The molecule has 0 bridgehead atoms. The molecule has 0 spiro atoms. The first-order valence-electron chi connectivity index (χ1n) is 18.1. The number of para-hydroxylation sites is 1. The van der Waals surface area contributed by atoms with Gasteiger partial charge in [0.05, 0.1) is 14.1 Å². The lowest BCUT2D eigenvalue weighted by Gasteiger charge is -2.63. The van der Waals surface area contributed by atoms with E-state index in [-0.39, 0.29) is 0 Å². The molecule has 1 aliphatic rings. The van der Waals surface area contributed by atoms with Crippen LogP contribution in [-0.4, -0.2) is 55.4 Å². The second-order valence-electron chi connectivity index (χ2n) is 15.6. The summed E-state index contributed by atoms with van der Waals surface area (Å²) >= 11 is 0. The van der Waals surface area contributed by atoms with Crippen LogP contribution >= 0.6 is 0 Å². The molecule has 0 atom stereocenters. The van der Waals surface area contributed by atoms with Crippen LogP contribution in [0.25, 0.3) is 0 Å². The molecule has 0 heterocycles. The van der Waals surface area contributed by atoms with Gasteiger partial charge in [-0.05, 0) is 19.1 Å². The summed E-state index contributed by atoms with van der Waals surface area (Å²) in [5, 5.41) is 0. The molecule has 1 fully saturated rings. The van der Waals surface area contributed by atoms with Crippen molar-refractivity contribution in [2.24, 2.45) is 0 Å². The van der Waals surface area contributed by atoms with Crippen molar-refractivity contribution in [1.29, 1.82) is 0 Å². The molecule has 0 aromatic heterocycles. The maximum absolute atomic E-state index is 17.2. The Hall–Kier alpha value is -5.70. The Morgan fingerprint density at radius 1 is 0.353 bits per heavy atom. The Labute approximate surface area is 362 Å². The van der Waals surface area contributed by atoms with Crippen LogP contribution in [0.4, 0.5) is 120 Å². The Kier molecular flexibility index (Phi) is 13.1. The lowest BCUT2D eigenvalue weighted by molar-refractivity contribution is -0.471. The van der Waals surface area contributed by atoms with Crippen molar-refractivity contribution in [3.63, 3.8) is 0 Å². The molecule has 1 aliphatic carbocycles. The molecule has 0 unspecified atom stereocenters. The molecule has 6 rings (SSSR count). The van der Waals surface area contributed by atoms with Crippen LogP contribution in [0.1, 0.15) is 11.1 Å². The van der Waals surface area contributed by atoms with Gasteiger partial charge in [0, 0.05) is 5.56 Å². The Morgan fingerprint density at radius 3 is 0.882 bits per heavy atom. The van der Waals surface area contributed by atoms with E-state index in [1.807, 2.05) is 0 Å². The van der Waals surface area contributed by atoms with Gasteiger partial charge < -0.3 is 0 Å². The first-order chi connectivity index (χ1) is 30.9. The summed E-state index contributed by atoms with van der Waals surface area (Å²) in [6, 6.07) is 19.4. The lowest BCUT2D eigenvalue weighted by atomic mass is 9.07. The van der Waals surface area contributed by atoms with Crippen LogP contribution in [0, 0.1) is 94.2 Å². The van der Waals surface area contributed by atoms with Gasteiger partial charge in [-0.1, -0.05) is 48.0 Å². The van der Waals surface area contributed by atoms with E-state index in [4.69, 9.17) is 0 Å². The van der Waals surface area contributed by atoms with Gasteiger partial charge in [-0.3, -0.25) is 8.87 Å². The number of halogens is 26. The van der Waals surface area contributed by atoms with Gasteiger partial charge in [-0.25, -0.2) is 65.9 Å². The highest BCUT2D eigenvalue weighted by atomic mass is 19.4. The summed E-state index contributed by atoms with van der Waals surface area (Å²) in [7, 11) is 4.49. The predicted molar refractivity (Wildman–Crippen MR) is 187 cm³/mol. The third kappa shape index (κ3) is 6.82. The first-order valence-corrected chi connectivity index (χ1v) is 18.1. The van der Waals surface area contributed by atoms with Gasteiger partial charge in [0.1, 0.15) is 52.7 Å². The minimum absolute atomic E-state index is 0.879. The summed E-state index contributed by atoms with van der Waals surface area (Å²) in [6.45, 7) is 3.14. The van der Waals surface area contributed by atoms with E-state index in [1.165, 1.54) is 16.8 Å². The molecule has 0 radical (unpaired) electrons. The summed E-state index contributed by atoms with van der Waals surface area (Å²) in [5.74, 6) is -109. The van der Waals surface area contributed by atoms with Crippen LogP contribution in [0.3, 0.4) is 0 Å². The van der Waals surface area contributed by atoms with Crippen molar-refractivity contribution in [3.8, 4) is 0 Å². The van der Waals surface area contributed by atoms with E-state index in [0.717, 1.165) is 11.0 Å². The van der Waals surface area contributed by atoms with Crippen molar-refractivity contribution in [2.45, 2.75) is 48.6 Å². The quantitative estimate of drug-likeness (QED) is 0.0501. The van der Waals surface area contributed by atoms with Gasteiger partial charge >= 0.3 is 29.6 Å². The van der Waals surface area contributed by atoms with Crippen LogP contribution in [0.5, 0.6) is 0 Å². The molecule has 0 N–H and O–H groups in total. The summed E-state index contributed by atoms with van der Waals surface area (Å²) < 4.78 is 389. The van der Waals surface area contributed by atoms with Gasteiger partial charge in [-0.2, -0.15) is 43.9 Å². The fourth-order valence-electron chi connectivity index (χ4n) is 7.90. The Balaban J connectivity index is 0.000000424. The number of aryl methyl sites for hydroxylation is 1. The molecule has 0 aliphatic heterocycles. The molecular formula is C40H20BF26N. The fraction of sp³-hybridized carbons (Fsp3) is 0.250. The molecule has 5 aromatic rings. The van der Waals surface area contributed by atoms with Crippen molar-refractivity contribution in [2.75, 3.05) is 14.1 Å². The number of nitrogens with zero attached hydrogens (tertiary/aromatic N) is 1. The molecular weight excluding hydrogens is 999 g/mol. The molecule has 0 amide bonds. The van der Waals surface area contributed by atoms with E-state index >= 15 is 48.3 Å². The number of hydrogen-bond acceptors (Lipinski definition) is 0. The van der Waals surface area contributed by atoms with Crippen molar-refractivity contribution >= 4 is 28.2 Å². The normalized spacial score (nSPS) is 18.0. The second kappa shape index (κ2) is 16.8. The number of benzene rings is 5. The molecule has 28 heteroatoms. The SMILES string of the molecule is Cc1ccc(C[N+](C)(C)c2ccccc2)cc1.Fc1c(F)c(F)c([B-](c2c(F)c(F)c(F)c(F)c2F)(c2c(F)c(F)c(F)c(F)c2F)C2(F)C(F)(F)C(F)(F)C(F)(F)C(F)(F)C2(F)F)c(F)c1F. The summed E-state index contributed by atoms with van der Waals surface area (Å²) in [6.07, 6.45) is -9.36. The molecule has 68 heavy (non-hydrogen) atoms. The molecule has 370 valence electrons. The number of hydrogen-bond donors (Lipinski definition) is 0. The highest BCUT2D eigenvalue weighted by Crippen LogP contribution is 2.71. The smallest absolute Gasteiger partial charge is 0.292 e. The van der Waals surface area contributed by atoms with Crippen molar-refractivity contribution < 1.29 is 114 Å². The lowest BCUT2D eigenvalue weighted by Crippen LogP contribution is -2.97. The maximum Gasteiger partial charge on any atom is 0.384 e. The molecule has 0 saturated heterocycles. The van der Waals surface area contributed by atoms with Crippen molar-refractivity contribution in [1.82, 2.24) is 4.48 Å². The van der Waals surface area contributed by atoms with E-state index in [1.54, 1.807) is 0 Å². The number of rotatable bonds is 7. The van der Waals surface area contributed by atoms with Crippen LogP contribution < -0.4 is 20.9 Å². The third-order valence-electron chi connectivity index (χ3n) is 11.3. The summed E-state index contributed by atoms with van der Waals surface area (Å²) in [4.78, 5) is 0. The van der Waals surface area contributed by atoms with Gasteiger partial charge in [0.15, 0.2) is 58.5 Å². The van der Waals surface area contributed by atoms with Crippen molar-refractivity contribution in [3.05, 3.63) is 153 Å². The Bertz CT molecular complexity index is 2520. The highest BCUT2D eigenvalue weighted by molar-refractivity contribution is 7.14. The standard InChI is InChI=1S/C24BF26.C16H20N/c26-4-1(5(27)11(33)16(38)10(4)32)25(2-6(28)12(34)17(39)13(35)7(2)29,3-8(30)14(36)18(40)15(37)9(3)31)19(41)20(42,43)22(46,47)24(50,51)23(48,49)21(19,44)45;1-14-9-11-15(12-10-14)13-17(2,3)16-7-5-4-6-8-16/h;4-12H,13H2,1-3H3/q-1;+1. The zero-order valence-electron chi connectivity index (χ0n) is 33.3. The zero-order chi connectivity index (χ0) is 52.2. The number of quaternary nitrogens is 1. The van der Waals surface area contributed by atoms with Crippen LogP contribution in [-0.2, 0) is 6.54 Å². The monoisotopic (exact) mass is 1020 g/mol. The van der Waals surface area contributed by atoms with E-state index in [0.29, 0.717) is 0 Å². The molecule has 5 aromatic carbocycles. The topological polar surface area (TPSA) is 0 Å². The Morgan fingerprint density at radius 2 is 0.603 bits per heavy atom. The second-order valence-corrected chi connectivity index (χ2v) is 15.6. The van der Waals surface area contributed by atoms with Gasteiger partial charge in [0.2, 0.25) is 0 Å². The minimum atomic E-state index is -9.36. The van der Waals surface area contributed by atoms with Crippen LogP contribution in [0.2, 0.25) is 0 Å². The molecule has 1 saturated carbocycles. The van der Waals surface area contributed by atoms with Gasteiger partial charge in [-0.15, -0.1) is 16.4 Å². The third-order valence-corrected chi connectivity index (χ3v) is 11.3. The molecule has 1 nitrogen and oxygen atoms in total. The maximum atomic E-state index is 17.2. The van der Waals surface area contributed by atoms with Gasteiger partial charge in [0.25, 0.3) is 0 Å². The predicted octanol–water partition coefficient (Wildman–Crippen LogP) is 11.4. The summed E-state index contributed by atoms with van der Waals surface area (Å²) in [5.41, 5.74) is -19.6. The first kappa shape index (κ1) is 53.3. The van der Waals surface area contributed by atoms with E-state index in [9.17, 15) is 65.9 Å². The van der Waals surface area contributed by atoms with Crippen LogP contribution in [0.15, 0.2) is 54.6 Å². The van der Waals surface area contributed by atoms with E-state index in [2.05, 4.69) is 75.6 Å².